The summed E-state index contributed by atoms with van der Waals surface area (Å²) in [6, 6.07) is 1.34. The number of carboxylic acid groups (broad SMARTS) is 1. The standard InChI is InChI=1S/C14H15N3O5/c1-6-7(2)16-17-13(19)11(6)12(18)15-5-9-4-10(14(20)21)8(3)22-9/h4H,5H2,1-3H3,(H,15,18)(H,17,19)(H,20,21). The van der Waals surface area contributed by atoms with Crippen molar-refractivity contribution in [1.29, 1.82) is 0 Å². The number of nitrogens with zero attached hydrogens (tertiary/aromatic N) is 1. The van der Waals surface area contributed by atoms with Crippen LogP contribution in [0.4, 0.5) is 0 Å². The molecule has 0 aliphatic heterocycles. The van der Waals surface area contributed by atoms with E-state index < -0.39 is 17.4 Å². The second-order valence-electron chi connectivity index (χ2n) is 4.81. The highest BCUT2D eigenvalue weighted by Crippen LogP contribution is 2.14. The molecule has 0 aliphatic carbocycles. The van der Waals surface area contributed by atoms with E-state index in [1.165, 1.54) is 13.0 Å². The number of aromatic nitrogens is 2. The maximum Gasteiger partial charge on any atom is 0.339 e. The lowest BCUT2D eigenvalue weighted by Crippen LogP contribution is -2.31. The fourth-order valence-electron chi connectivity index (χ4n) is 2.00. The lowest BCUT2D eigenvalue weighted by molar-refractivity contribution is 0.0694. The van der Waals surface area contributed by atoms with Crippen LogP contribution in [0, 0.1) is 20.8 Å². The highest BCUT2D eigenvalue weighted by Gasteiger charge is 2.18. The quantitative estimate of drug-likeness (QED) is 0.771. The number of carbonyl (C=O) groups is 2. The van der Waals surface area contributed by atoms with Crippen LogP contribution >= 0.6 is 0 Å². The molecule has 0 radical (unpaired) electrons. The summed E-state index contributed by atoms with van der Waals surface area (Å²) in [7, 11) is 0. The topological polar surface area (TPSA) is 125 Å². The maximum absolute atomic E-state index is 12.1. The third kappa shape index (κ3) is 2.90. The minimum atomic E-state index is -1.10. The van der Waals surface area contributed by atoms with Crippen molar-refractivity contribution in [3.63, 3.8) is 0 Å². The van der Waals surface area contributed by atoms with Gasteiger partial charge in [-0.05, 0) is 32.4 Å². The van der Waals surface area contributed by atoms with Gasteiger partial charge in [0.05, 0.1) is 12.2 Å². The van der Waals surface area contributed by atoms with Crippen molar-refractivity contribution < 1.29 is 19.1 Å². The molecule has 2 aromatic heterocycles. The van der Waals surface area contributed by atoms with E-state index in [1.807, 2.05) is 0 Å². The van der Waals surface area contributed by atoms with Gasteiger partial charge in [-0.15, -0.1) is 0 Å². The molecule has 2 rings (SSSR count). The van der Waals surface area contributed by atoms with Crippen LogP contribution in [0.5, 0.6) is 0 Å². The largest absolute Gasteiger partial charge is 0.478 e. The summed E-state index contributed by atoms with van der Waals surface area (Å²) < 4.78 is 5.25. The zero-order chi connectivity index (χ0) is 16.4. The van der Waals surface area contributed by atoms with Crippen molar-refractivity contribution in [1.82, 2.24) is 15.5 Å². The van der Waals surface area contributed by atoms with Crippen molar-refractivity contribution >= 4 is 11.9 Å². The van der Waals surface area contributed by atoms with Crippen molar-refractivity contribution in [2.45, 2.75) is 27.3 Å². The molecule has 0 saturated carbocycles. The Morgan fingerprint density at radius 3 is 2.64 bits per heavy atom. The molecule has 0 unspecified atom stereocenters. The van der Waals surface area contributed by atoms with E-state index in [0.717, 1.165) is 0 Å². The third-order valence-electron chi connectivity index (χ3n) is 3.32. The number of H-pyrrole nitrogens is 1. The maximum atomic E-state index is 12.1. The highest BCUT2D eigenvalue weighted by atomic mass is 16.4. The monoisotopic (exact) mass is 305 g/mol. The fraction of sp³-hybridized carbons (Fsp3) is 0.286. The first-order valence-corrected chi connectivity index (χ1v) is 6.48. The Morgan fingerprint density at radius 1 is 1.36 bits per heavy atom. The first-order chi connectivity index (χ1) is 10.3. The summed E-state index contributed by atoms with van der Waals surface area (Å²) in [5.41, 5.74) is 0.476. The van der Waals surface area contributed by atoms with Crippen molar-refractivity contribution in [3.8, 4) is 0 Å². The molecule has 116 valence electrons. The number of amides is 1. The van der Waals surface area contributed by atoms with Crippen molar-refractivity contribution in [3.05, 3.63) is 50.3 Å². The fourth-order valence-corrected chi connectivity index (χ4v) is 2.00. The van der Waals surface area contributed by atoms with Gasteiger partial charge >= 0.3 is 5.97 Å². The molecule has 0 fully saturated rings. The average Bonchev–Trinajstić information content (AvgIpc) is 2.82. The summed E-state index contributed by atoms with van der Waals surface area (Å²) >= 11 is 0. The Hall–Kier alpha value is -2.90. The molecule has 0 spiro atoms. The molecule has 8 nitrogen and oxygen atoms in total. The van der Waals surface area contributed by atoms with Crippen LogP contribution in [0.2, 0.25) is 0 Å². The van der Waals surface area contributed by atoms with E-state index in [4.69, 9.17) is 9.52 Å². The van der Waals surface area contributed by atoms with Gasteiger partial charge in [-0.2, -0.15) is 5.10 Å². The molecule has 3 N–H and O–H groups in total. The SMILES string of the molecule is Cc1n[nH]c(=O)c(C(=O)NCc2cc(C(=O)O)c(C)o2)c1C. The van der Waals surface area contributed by atoms with E-state index in [1.54, 1.807) is 13.8 Å². The number of hydrogen-bond acceptors (Lipinski definition) is 5. The molecule has 0 saturated heterocycles. The molecule has 0 aromatic carbocycles. The number of aromatic amines is 1. The highest BCUT2D eigenvalue weighted by molar-refractivity contribution is 5.95. The van der Waals surface area contributed by atoms with E-state index in [0.29, 0.717) is 17.0 Å². The minimum Gasteiger partial charge on any atom is -0.478 e. The number of hydrogen-bond donors (Lipinski definition) is 3. The van der Waals surface area contributed by atoms with Gasteiger partial charge in [-0.25, -0.2) is 9.89 Å². The molecule has 0 bridgehead atoms. The molecular weight excluding hydrogens is 290 g/mol. The van der Waals surface area contributed by atoms with Crippen LogP contribution in [0.3, 0.4) is 0 Å². The molecule has 2 aromatic rings. The Morgan fingerprint density at radius 2 is 2.05 bits per heavy atom. The lowest BCUT2D eigenvalue weighted by Gasteiger charge is -2.06. The van der Waals surface area contributed by atoms with Crippen LogP contribution < -0.4 is 10.9 Å². The van der Waals surface area contributed by atoms with E-state index in [2.05, 4.69) is 15.5 Å². The second-order valence-corrected chi connectivity index (χ2v) is 4.81. The first-order valence-electron chi connectivity index (χ1n) is 6.48. The number of aromatic carboxylic acids is 1. The minimum absolute atomic E-state index is 0.0192. The van der Waals surface area contributed by atoms with Crippen LogP contribution in [0.1, 0.15) is 43.5 Å². The van der Waals surface area contributed by atoms with Gasteiger partial charge < -0.3 is 14.8 Å². The predicted octanol–water partition coefficient (Wildman–Crippen LogP) is 0.916. The molecule has 22 heavy (non-hydrogen) atoms. The van der Waals surface area contributed by atoms with E-state index in [-0.39, 0.29) is 23.4 Å². The summed E-state index contributed by atoms with van der Waals surface area (Å²) in [5, 5.41) is 17.5. The van der Waals surface area contributed by atoms with Crippen molar-refractivity contribution in [2.75, 3.05) is 0 Å². The molecule has 0 aliphatic rings. The third-order valence-corrected chi connectivity index (χ3v) is 3.32. The molecule has 8 heteroatoms. The van der Waals surface area contributed by atoms with Gasteiger partial charge in [0.25, 0.3) is 11.5 Å². The van der Waals surface area contributed by atoms with E-state index in [9.17, 15) is 14.4 Å². The van der Waals surface area contributed by atoms with Gasteiger partial charge in [-0.1, -0.05) is 0 Å². The van der Waals surface area contributed by atoms with Crippen LogP contribution in [-0.4, -0.2) is 27.2 Å². The van der Waals surface area contributed by atoms with Gasteiger partial charge in [-0.3, -0.25) is 9.59 Å². The second kappa shape index (κ2) is 5.84. The van der Waals surface area contributed by atoms with Crippen LogP contribution in [0.15, 0.2) is 15.3 Å². The summed E-state index contributed by atoms with van der Waals surface area (Å²) in [6.07, 6.45) is 0. The smallest absolute Gasteiger partial charge is 0.339 e. The van der Waals surface area contributed by atoms with Gasteiger partial charge in [0.2, 0.25) is 0 Å². The molecule has 0 atom stereocenters. The normalized spacial score (nSPS) is 10.5. The van der Waals surface area contributed by atoms with Gasteiger partial charge in [0.15, 0.2) is 0 Å². The number of carbonyl (C=O) groups excluding carboxylic acids is 1. The Bertz CT molecular complexity index is 803. The average molecular weight is 305 g/mol. The molecule has 2 heterocycles. The molecular formula is C14H15N3O5. The number of furan rings is 1. The Balaban J connectivity index is 2.17. The lowest BCUT2D eigenvalue weighted by atomic mass is 10.1. The first kappa shape index (κ1) is 15.5. The summed E-state index contributed by atoms with van der Waals surface area (Å²) in [5.74, 6) is -1.13. The van der Waals surface area contributed by atoms with Gasteiger partial charge in [0.1, 0.15) is 22.6 Å². The Labute approximate surface area is 125 Å². The van der Waals surface area contributed by atoms with E-state index >= 15 is 0 Å². The van der Waals surface area contributed by atoms with Gasteiger partial charge in [0, 0.05) is 0 Å². The number of nitrogens with one attached hydrogen (secondary N) is 2. The van der Waals surface area contributed by atoms with Crippen LogP contribution in [0.25, 0.3) is 0 Å². The summed E-state index contributed by atoms with van der Waals surface area (Å²) in [4.78, 5) is 34.8. The zero-order valence-corrected chi connectivity index (χ0v) is 12.3. The zero-order valence-electron chi connectivity index (χ0n) is 12.3. The number of rotatable bonds is 4. The predicted molar refractivity (Wildman–Crippen MR) is 75.9 cm³/mol. The summed E-state index contributed by atoms with van der Waals surface area (Å²) in [6.45, 7) is 4.81. The van der Waals surface area contributed by atoms with Crippen LogP contribution in [-0.2, 0) is 6.54 Å². The Kier molecular flexibility index (Phi) is 4.11. The van der Waals surface area contributed by atoms with Crippen molar-refractivity contribution in [2.24, 2.45) is 0 Å². The number of carboxylic acids is 1. The number of aryl methyl sites for hydroxylation is 2. The molecule has 1 amide bonds.